The fraction of sp³-hybridized carbons (Fsp3) is 0.500. The molecular formula is C6H12N2. The maximum Gasteiger partial charge on any atom is 0.0481 e. The smallest absolute Gasteiger partial charge is 0.0481 e. The monoisotopic (exact) mass is 112 g/mol. The molecule has 0 saturated heterocycles. The van der Waals surface area contributed by atoms with E-state index in [0.29, 0.717) is 0 Å². The highest BCUT2D eigenvalue weighted by molar-refractivity contribution is 5.77. The van der Waals surface area contributed by atoms with E-state index in [0.717, 1.165) is 11.3 Å². The van der Waals surface area contributed by atoms with E-state index in [2.05, 4.69) is 4.99 Å². The van der Waals surface area contributed by atoms with Gasteiger partial charge in [0.15, 0.2) is 0 Å². The van der Waals surface area contributed by atoms with Gasteiger partial charge in [0.25, 0.3) is 0 Å². The minimum absolute atomic E-state index is 0.757. The molecule has 0 heterocycles. The average molecular weight is 112 g/mol. The Labute approximate surface area is 50.1 Å². The highest BCUT2D eigenvalue weighted by Gasteiger charge is 1.82. The minimum Gasteiger partial charge on any atom is -0.398 e. The number of hydrogen-bond donors (Lipinski definition) is 1. The molecule has 0 aliphatic rings. The summed E-state index contributed by atoms with van der Waals surface area (Å²) in [5.41, 5.74) is 7.32. The van der Waals surface area contributed by atoms with Gasteiger partial charge in [0.05, 0.1) is 0 Å². The van der Waals surface area contributed by atoms with E-state index in [1.54, 1.807) is 13.3 Å². The molecule has 2 N–H and O–H groups in total. The first-order chi connectivity index (χ1) is 3.68. The molecule has 0 aliphatic heterocycles. The molecule has 0 radical (unpaired) electrons. The van der Waals surface area contributed by atoms with Crippen molar-refractivity contribution in [3.63, 3.8) is 0 Å². The van der Waals surface area contributed by atoms with E-state index in [9.17, 15) is 0 Å². The first-order valence-electron chi connectivity index (χ1n) is 2.53. The summed E-state index contributed by atoms with van der Waals surface area (Å²) in [5.74, 6) is 0. The van der Waals surface area contributed by atoms with Crippen molar-refractivity contribution in [3.05, 3.63) is 11.3 Å². The van der Waals surface area contributed by atoms with Crippen LogP contribution in [0.25, 0.3) is 0 Å². The highest BCUT2D eigenvalue weighted by atomic mass is 14.7. The van der Waals surface area contributed by atoms with Crippen LogP contribution in [0.15, 0.2) is 16.3 Å². The van der Waals surface area contributed by atoms with E-state index >= 15 is 0 Å². The zero-order valence-corrected chi connectivity index (χ0v) is 5.60. The van der Waals surface area contributed by atoms with Crippen molar-refractivity contribution in [3.8, 4) is 0 Å². The predicted octanol–water partition coefficient (Wildman–Crippen LogP) is 0.940. The Kier molecular flexibility index (Phi) is 2.92. The van der Waals surface area contributed by atoms with E-state index in [1.165, 1.54) is 0 Å². The van der Waals surface area contributed by atoms with Gasteiger partial charge in [0.2, 0.25) is 0 Å². The molecule has 0 atom stereocenters. The Morgan fingerprint density at radius 2 is 2.00 bits per heavy atom. The van der Waals surface area contributed by atoms with Crippen molar-refractivity contribution < 1.29 is 0 Å². The molecule has 0 aromatic rings. The lowest BCUT2D eigenvalue weighted by Gasteiger charge is -1.91. The molecule has 0 aromatic carbocycles. The Bertz CT molecular complexity index is 118. The van der Waals surface area contributed by atoms with Crippen molar-refractivity contribution in [1.82, 2.24) is 0 Å². The maximum atomic E-state index is 5.46. The van der Waals surface area contributed by atoms with Crippen molar-refractivity contribution in [1.29, 1.82) is 0 Å². The van der Waals surface area contributed by atoms with Crippen LogP contribution in [0.3, 0.4) is 0 Å². The van der Waals surface area contributed by atoms with Gasteiger partial charge in [0.1, 0.15) is 0 Å². The summed E-state index contributed by atoms with van der Waals surface area (Å²) in [6.07, 6.45) is 1.65. The van der Waals surface area contributed by atoms with Crippen LogP contribution < -0.4 is 5.73 Å². The van der Waals surface area contributed by atoms with Crippen LogP contribution in [0.2, 0.25) is 0 Å². The van der Waals surface area contributed by atoms with E-state index < -0.39 is 0 Å². The second kappa shape index (κ2) is 3.24. The summed E-state index contributed by atoms with van der Waals surface area (Å²) in [7, 11) is 1.70. The number of nitrogens with two attached hydrogens (primary N) is 1. The fourth-order valence-corrected chi connectivity index (χ4v) is 0.268. The highest BCUT2D eigenvalue weighted by Crippen LogP contribution is 1.90. The lowest BCUT2D eigenvalue weighted by molar-refractivity contribution is 1.28. The summed E-state index contributed by atoms with van der Waals surface area (Å²) in [6, 6.07) is 0. The van der Waals surface area contributed by atoms with Crippen LogP contribution >= 0.6 is 0 Å². The van der Waals surface area contributed by atoms with Gasteiger partial charge in [-0.2, -0.15) is 0 Å². The van der Waals surface area contributed by atoms with Crippen LogP contribution in [-0.4, -0.2) is 13.3 Å². The molecule has 0 saturated carbocycles. The first kappa shape index (κ1) is 7.21. The molecule has 2 nitrogen and oxygen atoms in total. The van der Waals surface area contributed by atoms with Gasteiger partial charge in [0, 0.05) is 19.0 Å². The van der Waals surface area contributed by atoms with Crippen molar-refractivity contribution in [2.45, 2.75) is 13.8 Å². The number of aliphatic imine (C=N–C) groups is 1. The van der Waals surface area contributed by atoms with Crippen LogP contribution in [0, 0.1) is 0 Å². The number of rotatable bonds is 1. The van der Waals surface area contributed by atoms with Crippen molar-refractivity contribution in [2.75, 3.05) is 7.05 Å². The molecule has 8 heavy (non-hydrogen) atoms. The van der Waals surface area contributed by atoms with Gasteiger partial charge in [-0.15, -0.1) is 0 Å². The summed E-state index contributed by atoms with van der Waals surface area (Å²) in [4.78, 5) is 3.75. The molecule has 0 rings (SSSR count). The van der Waals surface area contributed by atoms with Crippen LogP contribution in [0.5, 0.6) is 0 Å². The maximum absolute atomic E-state index is 5.46. The van der Waals surface area contributed by atoms with Crippen LogP contribution in [-0.2, 0) is 0 Å². The zero-order valence-electron chi connectivity index (χ0n) is 5.60. The second-order valence-corrected chi connectivity index (χ2v) is 1.84. The van der Waals surface area contributed by atoms with E-state index in [1.807, 2.05) is 13.8 Å². The van der Waals surface area contributed by atoms with Gasteiger partial charge >= 0.3 is 0 Å². The predicted molar refractivity (Wildman–Crippen MR) is 37.0 cm³/mol. The fourth-order valence-electron chi connectivity index (χ4n) is 0.268. The largest absolute Gasteiger partial charge is 0.398 e. The molecule has 0 fully saturated rings. The van der Waals surface area contributed by atoms with E-state index in [4.69, 9.17) is 5.73 Å². The lowest BCUT2D eigenvalue weighted by Crippen LogP contribution is -1.99. The first-order valence-corrected chi connectivity index (χ1v) is 2.53. The standard InChI is InChI=1S/C6H12N2/c1-5(2)6(7)4-8-3/h4H,7H2,1-3H3/b8-4-. The Morgan fingerprint density at radius 3 is 2.12 bits per heavy atom. The van der Waals surface area contributed by atoms with E-state index in [-0.39, 0.29) is 0 Å². The topological polar surface area (TPSA) is 38.4 Å². The third-order valence-electron chi connectivity index (χ3n) is 0.846. The minimum atomic E-state index is 0.757. The Hall–Kier alpha value is -0.790. The molecule has 0 aliphatic carbocycles. The van der Waals surface area contributed by atoms with Crippen molar-refractivity contribution in [2.24, 2.45) is 10.7 Å². The molecule has 2 heteroatoms. The molecule has 0 unspecified atom stereocenters. The van der Waals surface area contributed by atoms with Crippen molar-refractivity contribution >= 4 is 6.21 Å². The van der Waals surface area contributed by atoms with Gasteiger partial charge in [-0.25, -0.2) is 0 Å². The Morgan fingerprint density at radius 1 is 1.50 bits per heavy atom. The summed E-state index contributed by atoms with van der Waals surface area (Å²) in [5, 5.41) is 0. The van der Waals surface area contributed by atoms with Gasteiger partial charge in [-0.3, -0.25) is 4.99 Å². The molecular weight excluding hydrogens is 100 g/mol. The Balaban J connectivity index is 4.00. The summed E-state index contributed by atoms with van der Waals surface area (Å²) in [6.45, 7) is 3.91. The number of allylic oxidation sites excluding steroid dienone is 2. The SMILES string of the molecule is C/N=C\C(N)=C(C)C. The average Bonchev–Trinajstić information content (AvgIpc) is 1.67. The molecule has 0 aromatic heterocycles. The third-order valence-corrected chi connectivity index (χ3v) is 0.846. The molecule has 0 amide bonds. The van der Waals surface area contributed by atoms with Gasteiger partial charge < -0.3 is 5.73 Å². The molecule has 0 spiro atoms. The number of nitrogens with zero attached hydrogens (tertiary/aromatic N) is 1. The van der Waals surface area contributed by atoms with Crippen LogP contribution in [0.1, 0.15) is 13.8 Å². The second-order valence-electron chi connectivity index (χ2n) is 1.84. The quantitative estimate of drug-likeness (QED) is 0.504. The zero-order chi connectivity index (χ0) is 6.57. The van der Waals surface area contributed by atoms with Gasteiger partial charge in [-0.1, -0.05) is 5.57 Å². The van der Waals surface area contributed by atoms with Crippen LogP contribution in [0.4, 0.5) is 0 Å². The summed E-state index contributed by atoms with van der Waals surface area (Å²) >= 11 is 0. The molecule has 0 bridgehead atoms. The molecule has 46 valence electrons. The van der Waals surface area contributed by atoms with Gasteiger partial charge in [-0.05, 0) is 13.8 Å². The normalized spacial score (nSPS) is 9.88. The third kappa shape index (κ3) is 2.39. The number of hydrogen-bond acceptors (Lipinski definition) is 2. The lowest BCUT2D eigenvalue weighted by atomic mass is 10.3. The summed E-state index contributed by atoms with van der Waals surface area (Å²) < 4.78 is 0.